The van der Waals surface area contributed by atoms with Gasteiger partial charge in [0.15, 0.2) is 11.6 Å². The van der Waals surface area contributed by atoms with Crippen molar-refractivity contribution in [2.24, 2.45) is 0 Å². The maximum absolute atomic E-state index is 13.5. The summed E-state index contributed by atoms with van der Waals surface area (Å²) in [5, 5.41) is 21.1. The summed E-state index contributed by atoms with van der Waals surface area (Å²) < 4.78 is 17.3. The Hall–Kier alpha value is -6.73. The second kappa shape index (κ2) is 24.2. The van der Waals surface area contributed by atoms with Gasteiger partial charge in [0.05, 0.1) is 18.2 Å². The molecule has 5 amide bonds. The zero-order chi connectivity index (χ0) is 48.2. The molecule has 2 fully saturated rings. The van der Waals surface area contributed by atoms with E-state index in [0.29, 0.717) is 61.1 Å². The van der Waals surface area contributed by atoms with Gasteiger partial charge in [-0.2, -0.15) is 0 Å². The van der Waals surface area contributed by atoms with Gasteiger partial charge < -0.3 is 44.9 Å². The van der Waals surface area contributed by atoms with E-state index in [1.807, 2.05) is 67.6 Å². The number of aromatic nitrogens is 4. The number of fused-ring (bicyclic) bond motifs is 1. The van der Waals surface area contributed by atoms with Gasteiger partial charge >= 0.3 is 0 Å². The third-order valence-corrected chi connectivity index (χ3v) is 12.8. The minimum atomic E-state index is -0.729. The van der Waals surface area contributed by atoms with Crippen LogP contribution >= 0.6 is 12.4 Å². The number of H-pyrrole nitrogens is 1. The summed E-state index contributed by atoms with van der Waals surface area (Å²) in [6, 6.07) is 23.3. The molecule has 70 heavy (non-hydrogen) atoms. The Morgan fingerprint density at radius 1 is 0.871 bits per heavy atom. The highest BCUT2D eigenvalue weighted by atomic mass is 35.5. The van der Waals surface area contributed by atoms with Crippen molar-refractivity contribution in [3.8, 4) is 17.1 Å². The normalized spacial score (nSPS) is 17.0. The van der Waals surface area contributed by atoms with Gasteiger partial charge in [-0.3, -0.25) is 34.3 Å². The number of amides is 5. The standard InChI is InChI=1S/C51H60N10O8.ClH/c1-34(53-47(64)37-9-6-10-38(31-37)57-51(21-25-60(2)26-22-51)50-56-46(58-59-50)36-19-23-52-24-20-36)35-13-15-39(16-14-35)69-30-5-3-4-27-67-28-8-29-68-33-45(63)54-42-12-7-11-40-41(42)32-61(49(40)66)43-17-18-44(62)55-48(43)65;/h6-7,9-16,19-20,23-24,31,34,43,57H,3-5,8,17-18,21-22,25-30,32-33H2,1-2H3,(H,53,64)(H,54,63)(H,55,62,65)(H,56,58,59);1H/t34-,43?;/m1./s1. The van der Waals surface area contributed by atoms with Crippen LogP contribution in [0.5, 0.6) is 5.75 Å². The highest BCUT2D eigenvalue weighted by Crippen LogP contribution is 2.36. The number of imide groups is 1. The molecule has 0 saturated carbocycles. The summed E-state index contributed by atoms with van der Waals surface area (Å²) in [7, 11) is 2.12. The van der Waals surface area contributed by atoms with E-state index in [0.717, 1.165) is 73.6 Å². The van der Waals surface area contributed by atoms with Crippen LogP contribution in [0.25, 0.3) is 11.4 Å². The first-order valence-corrected chi connectivity index (χ1v) is 23.7. The lowest BCUT2D eigenvalue weighted by molar-refractivity contribution is -0.137. The molecule has 1 unspecified atom stereocenters. The Morgan fingerprint density at radius 2 is 1.61 bits per heavy atom. The molecule has 0 aliphatic carbocycles. The summed E-state index contributed by atoms with van der Waals surface area (Å²) in [4.78, 5) is 74.5. The number of likely N-dealkylation sites (tertiary alicyclic amines) is 1. The highest BCUT2D eigenvalue weighted by Gasteiger charge is 2.41. The summed E-state index contributed by atoms with van der Waals surface area (Å²) in [5.41, 5.74) is 4.34. The Labute approximate surface area is 413 Å². The molecule has 0 bridgehead atoms. The molecule has 0 radical (unpaired) electrons. The third-order valence-electron chi connectivity index (χ3n) is 12.8. The van der Waals surface area contributed by atoms with Gasteiger partial charge in [-0.1, -0.05) is 24.3 Å². The maximum atomic E-state index is 13.5. The first-order valence-electron chi connectivity index (χ1n) is 23.7. The second-order valence-electron chi connectivity index (χ2n) is 17.8. The lowest BCUT2D eigenvalue weighted by Gasteiger charge is -2.40. The second-order valence-corrected chi connectivity index (χ2v) is 17.8. The molecule has 3 aromatic carbocycles. The van der Waals surface area contributed by atoms with Crippen molar-refractivity contribution in [1.29, 1.82) is 0 Å². The summed E-state index contributed by atoms with van der Waals surface area (Å²) in [5.74, 6) is 0.575. The number of halogens is 1. The van der Waals surface area contributed by atoms with Gasteiger partial charge in [0, 0.05) is 91.9 Å². The molecule has 370 valence electrons. The molecule has 5 N–H and O–H groups in total. The molecule has 8 rings (SSSR count). The summed E-state index contributed by atoms with van der Waals surface area (Å²) in [6.07, 6.45) is 8.87. The number of anilines is 2. The van der Waals surface area contributed by atoms with Crippen LogP contribution < -0.4 is 26.0 Å². The summed E-state index contributed by atoms with van der Waals surface area (Å²) in [6.45, 7) is 5.80. The average molecular weight is 978 g/mol. The molecule has 2 atom stereocenters. The van der Waals surface area contributed by atoms with E-state index >= 15 is 0 Å². The van der Waals surface area contributed by atoms with Crippen molar-refractivity contribution in [2.75, 3.05) is 63.8 Å². The lowest BCUT2D eigenvalue weighted by Crippen LogP contribution is -2.52. The van der Waals surface area contributed by atoms with Gasteiger partial charge in [0.25, 0.3) is 11.8 Å². The van der Waals surface area contributed by atoms with Crippen LogP contribution in [0.1, 0.15) is 102 Å². The van der Waals surface area contributed by atoms with Crippen LogP contribution in [0.15, 0.2) is 91.3 Å². The largest absolute Gasteiger partial charge is 0.494 e. The molecule has 3 aliphatic rings. The van der Waals surface area contributed by atoms with Gasteiger partial charge in [-0.25, -0.2) is 0 Å². The number of rotatable bonds is 22. The number of benzene rings is 3. The van der Waals surface area contributed by atoms with Crippen molar-refractivity contribution in [3.63, 3.8) is 0 Å². The van der Waals surface area contributed by atoms with Crippen LogP contribution in [0.2, 0.25) is 0 Å². The molecule has 5 heterocycles. The van der Waals surface area contributed by atoms with Crippen LogP contribution in [0, 0.1) is 0 Å². The molecule has 2 aromatic heterocycles. The Kier molecular flexibility index (Phi) is 17.7. The van der Waals surface area contributed by atoms with Crippen LogP contribution in [-0.4, -0.2) is 119 Å². The fourth-order valence-electron chi connectivity index (χ4n) is 8.86. The van der Waals surface area contributed by atoms with Gasteiger partial charge in [-0.05, 0) is 119 Å². The van der Waals surface area contributed by atoms with E-state index in [9.17, 15) is 24.0 Å². The molecule has 18 nitrogen and oxygen atoms in total. The molecular weight excluding hydrogens is 916 g/mol. The Balaban J connectivity index is 0.00000722. The number of piperidine rings is 2. The molecule has 5 aromatic rings. The van der Waals surface area contributed by atoms with Crippen molar-refractivity contribution in [1.82, 2.24) is 40.6 Å². The monoisotopic (exact) mass is 976 g/mol. The van der Waals surface area contributed by atoms with Crippen LogP contribution in [-0.2, 0) is 35.9 Å². The smallest absolute Gasteiger partial charge is 0.255 e. The number of hydrogen-bond acceptors (Lipinski definition) is 13. The van der Waals surface area contributed by atoms with Gasteiger partial charge in [-0.15, -0.1) is 22.6 Å². The van der Waals surface area contributed by atoms with Crippen molar-refractivity contribution in [2.45, 2.75) is 82.5 Å². The van der Waals surface area contributed by atoms with Gasteiger partial charge in [0.2, 0.25) is 17.7 Å². The SMILES string of the molecule is C[C@@H](NC(=O)c1cccc(NC2(c3nnc(-c4ccncc4)[nH]3)CCN(C)CC2)c1)c1ccc(OCCCCCOCCCOCC(=O)Nc2cccc3c2CN(C2CCC(=O)NC2=O)C3=O)cc1.Cl. The molecule has 2 saturated heterocycles. The van der Waals surface area contributed by atoms with Crippen LogP contribution in [0.3, 0.4) is 0 Å². The zero-order valence-corrected chi connectivity index (χ0v) is 40.4. The Morgan fingerprint density at radius 3 is 2.40 bits per heavy atom. The average Bonchev–Trinajstić information content (AvgIpc) is 3.99. The highest BCUT2D eigenvalue weighted by molar-refractivity contribution is 6.07. The minimum Gasteiger partial charge on any atom is -0.494 e. The topological polar surface area (TPSA) is 222 Å². The van der Waals surface area contributed by atoms with E-state index < -0.39 is 17.5 Å². The van der Waals surface area contributed by atoms with Crippen molar-refractivity contribution >= 4 is 53.3 Å². The fourth-order valence-corrected chi connectivity index (χ4v) is 8.86. The number of unbranched alkanes of at least 4 members (excludes halogenated alkanes) is 2. The number of nitrogens with one attached hydrogen (secondary N) is 5. The van der Waals surface area contributed by atoms with Crippen molar-refractivity contribution in [3.05, 3.63) is 119 Å². The number of carbonyl (C=O) groups is 5. The number of ether oxygens (including phenoxy) is 3. The quantitative estimate of drug-likeness (QED) is 0.0387. The molecule has 19 heteroatoms. The predicted octanol–water partition coefficient (Wildman–Crippen LogP) is 6.18. The first-order chi connectivity index (χ1) is 33.5. The fraction of sp³-hybridized carbons (Fsp3) is 0.412. The molecular formula is C51H61ClN10O8. The van der Waals surface area contributed by atoms with E-state index in [-0.39, 0.29) is 68.1 Å². The van der Waals surface area contributed by atoms with Crippen molar-refractivity contribution < 1.29 is 38.2 Å². The number of carbonyl (C=O) groups excluding carboxylic acids is 5. The zero-order valence-electron chi connectivity index (χ0n) is 39.5. The van der Waals surface area contributed by atoms with Gasteiger partial charge in [0.1, 0.15) is 18.4 Å². The minimum absolute atomic E-state index is 0. The molecule has 3 aliphatic heterocycles. The number of hydrogen-bond donors (Lipinski definition) is 5. The number of pyridine rings is 1. The predicted molar refractivity (Wildman–Crippen MR) is 264 cm³/mol. The first kappa shape index (κ1) is 51.1. The maximum Gasteiger partial charge on any atom is 0.255 e. The number of aromatic amines is 1. The summed E-state index contributed by atoms with van der Waals surface area (Å²) >= 11 is 0. The van der Waals surface area contributed by atoms with E-state index in [1.165, 1.54) is 4.90 Å². The van der Waals surface area contributed by atoms with E-state index in [4.69, 9.17) is 14.2 Å². The number of nitrogens with zero attached hydrogens (tertiary/aromatic N) is 5. The molecule has 0 spiro atoms. The Bertz CT molecular complexity index is 2590. The lowest BCUT2D eigenvalue weighted by atomic mass is 9.86. The third kappa shape index (κ3) is 12.9. The van der Waals surface area contributed by atoms with E-state index in [1.54, 1.807) is 30.6 Å². The van der Waals surface area contributed by atoms with E-state index in [2.05, 4.69) is 53.4 Å². The van der Waals surface area contributed by atoms with Crippen LogP contribution in [0.4, 0.5) is 11.4 Å².